The Bertz CT molecular complexity index is 859. The Morgan fingerprint density at radius 1 is 1.19 bits per heavy atom. The van der Waals surface area contributed by atoms with Crippen LogP contribution < -0.4 is 11.0 Å². The van der Waals surface area contributed by atoms with Crippen molar-refractivity contribution >= 4 is 28.3 Å². The Hall–Kier alpha value is -2.34. The number of benzene rings is 1. The molecule has 2 heterocycles. The number of hydrogen-bond acceptors (Lipinski definition) is 3. The molecule has 6 heteroatoms. The maximum atomic E-state index is 11.9. The van der Waals surface area contributed by atoms with Gasteiger partial charge in [0.15, 0.2) is 0 Å². The van der Waals surface area contributed by atoms with Crippen molar-refractivity contribution in [3.05, 3.63) is 56.6 Å². The van der Waals surface area contributed by atoms with Crippen molar-refractivity contribution < 1.29 is 4.79 Å². The van der Waals surface area contributed by atoms with Gasteiger partial charge in [0.1, 0.15) is 0 Å². The summed E-state index contributed by atoms with van der Waals surface area (Å²) < 4.78 is 3.23. The van der Waals surface area contributed by atoms with E-state index in [1.807, 2.05) is 29.6 Å². The first-order valence-electron chi connectivity index (χ1n) is 6.54. The lowest BCUT2D eigenvalue weighted by atomic mass is 10.2. The van der Waals surface area contributed by atoms with Crippen molar-refractivity contribution in [2.75, 3.05) is 0 Å². The standard InChI is InChI=1S/C15H15N3O2S/c1-17-11-6-5-10(8-12(11)18(2)15(17)20)9-16-14(19)13-4-3-7-21-13/h3-8H,9H2,1-2H3,(H,16,19). The van der Waals surface area contributed by atoms with Crippen molar-refractivity contribution in [2.45, 2.75) is 6.54 Å². The van der Waals surface area contributed by atoms with Gasteiger partial charge in [0.25, 0.3) is 5.91 Å². The van der Waals surface area contributed by atoms with E-state index in [0.29, 0.717) is 11.4 Å². The molecule has 0 saturated carbocycles. The fourth-order valence-corrected chi connectivity index (χ4v) is 2.98. The monoisotopic (exact) mass is 301 g/mol. The van der Waals surface area contributed by atoms with Gasteiger partial charge in [-0.25, -0.2) is 4.79 Å². The van der Waals surface area contributed by atoms with Gasteiger partial charge in [-0.05, 0) is 29.1 Å². The predicted octanol–water partition coefficient (Wildman–Crippen LogP) is 1.87. The molecule has 0 saturated heterocycles. The molecule has 0 aliphatic carbocycles. The summed E-state index contributed by atoms with van der Waals surface area (Å²) in [4.78, 5) is 24.5. The van der Waals surface area contributed by atoms with E-state index < -0.39 is 0 Å². The molecule has 0 aliphatic heterocycles. The molecule has 108 valence electrons. The molecule has 1 aromatic carbocycles. The van der Waals surface area contributed by atoms with Crippen LogP contribution in [-0.2, 0) is 20.6 Å². The number of carbonyl (C=O) groups excluding carboxylic acids is 1. The lowest BCUT2D eigenvalue weighted by molar-refractivity contribution is 0.0955. The second kappa shape index (κ2) is 5.21. The topological polar surface area (TPSA) is 56.0 Å². The molecule has 1 amide bonds. The minimum atomic E-state index is -0.0768. The Morgan fingerprint density at radius 2 is 1.95 bits per heavy atom. The second-order valence-corrected chi connectivity index (χ2v) is 5.83. The number of thiophene rings is 1. The van der Waals surface area contributed by atoms with Crippen LogP contribution in [-0.4, -0.2) is 15.0 Å². The third-order valence-corrected chi connectivity index (χ3v) is 4.40. The summed E-state index contributed by atoms with van der Waals surface area (Å²) in [5, 5.41) is 4.76. The molecule has 21 heavy (non-hydrogen) atoms. The SMILES string of the molecule is Cn1c(=O)n(C)c2cc(CNC(=O)c3cccs3)ccc21. The summed E-state index contributed by atoms with van der Waals surface area (Å²) in [6.45, 7) is 0.440. The average Bonchev–Trinajstić information content (AvgIpc) is 3.10. The number of nitrogens with zero attached hydrogens (tertiary/aromatic N) is 2. The van der Waals surface area contributed by atoms with Crippen LogP contribution in [0.3, 0.4) is 0 Å². The van der Waals surface area contributed by atoms with Gasteiger partial charge in [-0.1, -0.05) is 12.1 Å². The molecule has 0 aliphatic rings. The third kappa shape index (κ3) is 2.38. The van der Waals surface area contributed by atoms with Gasteiger partial charge in [-0.15, -0.1) is 11.3 Å². The molecule has 0 spiro atoms. The highest BCUT2D eigenvalue weighted by atomic mass is 32.1. The highest BCUT2D eigenvalue weighted by Gasteiger charge is 2.09. The van der Waals surface area contributed by atoms with Gasteiger partial charge in [-0.3, -0.25) is 13.9 Å². The highest BCUT2D eigenvalue weighted by Crippen LogP contribution is 2.14. The fraction of sp³-hybridized carbons (Fsp3) is 0.200. The Kier molecular flexibility index (Phi) is 3.39. The zero-order valence-electron chi connectivity index (χ0n) is 11.8. The minimum Gasteiger partial charge on any atom is -0.347 e. The van der Waals surface area contributed by atoms with E-state index in [4.69, 9.17) is 0 Å². The first-order chi connectivity index (χ1) is 10.1. The average molecular weight is 301 g/mol. The normalized spacial score (nSPS) is 11.0. The van der Waals surface area contributed by atoms with Crippen LogP contribution in [0.15, 0.2) is 40.5 Å². The number of aromatic nitrogens is 2. The summed E-state index contributed by atoms with van der Waals surface area (Å²) in [6, 6.07) is 9.42. The molecule has 0 bridgehead atoms. The van der Waals surface area contributed by atoms with Crippen LogP contribution in [0, 0.1) is 0 Å². The second-order valence-electron chi connectivity index (χ2n) is 4.88. The molecule has 3 rings (SSSR count). The molecular formula is C15H15N3O2S. The van der Waals surface area contributed by atoms with Crippen molar-refractivity contribution in [3.8, 4) is 0 Å². The molecule has 1 N–H and O–H groups in total. The van der Waals surface area contributed by atoms with Crippen molar-refractivity contribution in [2.24, 2.45) is 14.1 Å². The number of rotatable bonds is 3. The van der Waals surface area contributed by atoms with Crippen molar-refractivity contribution in [1.29, 1.82) is 0 Å². The third-order valence-electron chi connectivity index (χ3n) is 3.53. The van der Waals surface area contributed by atoms with Crippen LogP contribution in [0.1, 0.15) is 15.2 Å². The number of carbonyl (C=O) groups is 1. The van der Waals surface area contributed by atoms with E-state index in [0.717, 1.165) is 16.6 Å². The molecule has 0 atom stereocenters. The summed E-state index contributed by atoms with van der Waals surface area (Å²) in [5.41, 5.74) is 2.67. The smallest absolute Gasteiger partial charge is 0.328 e. The van der Waals surface area contributed by atoms with Crippen molar-refractivity contribution in [3.63, 3.8) is 0 Å². The van der Waals surface area contributed by atoms with Crippen molar-refractivity contribution in [1.82, 2.24) is 14.5 Å². The van der Waals surface area contributed by atoms with Crippen LogP contribution >= 0.6 is 11.3 Å². The van der Waals surface area contributed by atoms with E-state index in [9.17, 15) is 9.59 Å². The molecule has 5 nitrogen and oxygen atoms in total. The van der Waals surface area contributed by atoms with Gasteiger partial charge < -0.3 is 5.32 Å². The first kappa shape index (κ1) is 13.6. The molecule has 3 aromatic rings. The fourth-order valence-electron chi connectivity index (χ4n) is 2.34. The number of nitrogens with one attached hydrogen (secondary N) is 1. The van der Waals surface area contributed by atoms with Crippen LogP contribution in [0.25, 0.3) is 11.0 Å². The van der Waals surface area contributed by atoms with Crippen LogP contribution in [0.4, 0.5) is 0 Å². The maximum absolute atomic E-state index is 11.9. The number of imidazole rings is 1. The number of fused-ring (bicyclic) bond motifs is 1. The number of aryl methyl sites for hydroxylation is 2. The zero-order chi connectivity index (χ0) is 15.0. The van der Waals surface area contributed by atoms with Crippen LogP contribution in [0.5, 0.6) is 0 Å². The van der Waals surface area contributed by atoms with Crippen LogP contribution in [0.2, 0.25) is 0 Å². The number of hydrogen-bond donors (Lipinski definition) is 1. The Morgan fingerprint density at radius 3 is 2.67 bits per heavy atom. The lowest BCUT2D eigenvalue weighted by Gasteiger charge is -2.05. The molecule has 2 aromatic heterocycles. The summed E-state index contributed by atoms with van der Waals surface area (Å²) >= 11 is 1.42. The van der Waals surface area contributed by atoms with Gasteiger partial charge in [-0.2, -0.15) is 0 Å². The minimum absolute atomic E-state index is 0.0511. The summed E-state index contributed by atoms with van der Waals surface area (Å²) in [7, 11) is 3.50. The summed E-state index contributed by atoms with van der Waals surface area (Å²) in [5.74, 6) is -0.0768. The van der Waals surface area contributed by atoms with E-state index in [2.05, 4.69) is 5.32 Å². The molecule has 0 unspecified atom stereocenters. The largest absolute Gasteiger partial charge is 0.347 e. The Labute approximate surface area is 125 Å². The molecular weight excluding hydrogens is 286 g/mol. The quantitative estimate of drug-likeness (QED) is 0.803. The van der Waals surface area contributed by atoms with Gasteiger partial charge >= 0.3 is 5.69 Å². The maximum Gasteiger partial charge on any atom is 0.328 e. The Balaban J connectivity index is 1.84. The lowest BCUT2D eigenvalue weighted by Crippen LogP contribution is -2.21. The highest BCUT2D eigenvalue weighted by molar-refractivity contribution is 7.12. The van der Waals surface area contributed by atoms with E-state index >= 15 is 0 Å². The zero-order valence-corrected chi connectivity index (χ0v) is 12.6. The van der Waals surface area contributed by atoms with E-state index in [1.54, 1.807) is 29.3 Å². The molecule has 0 fully saturated rings. The summed E-state index contributed by atoms with van der Waals surface area (Å²) in [6.07, 6.45) is 0. The first-order valence-corrected chi connectivity index (χ1v) is 7.42. The van der Waals surface area contributed by atoms with Gasteiger partial charge in [0.05, 0.1) is 15.9 Å². The predicted molar refractivity (Wildman–Crippen MR) is 83.6 cm³/mol. The number of amides is 1. The van der Waals surface area contributed by atoms with E-state index in [1.165, 1.54) is 11.3 Å². The van der Waals surface area contributed by atoms with Gasteiger partial charge in [0, 0.05) is 20.6 Å². The molecule has 0 radical (unpaired) electrons. The van der Waals surface area contributed by atoms with Gasteiger partial charge in [0.2, 0.25) is 0 Å². The van der Waals surface area contributed by atoms with E-state index in [-0.39, 0.29) is 11.6 Å².